The van der Waals surface area contributed by atoms with Gasteiger partial charge in [0.15, 0.2) is 0 Å². The Morgan fingerprint density at radius 1 is 0.607 bits per heavy atom. The smallest absolute Gasteiger partial charge is 0.148 e. The standard InChI is InChI=1S/C24H19N2O2/c1-3-8-17(9-4-1)21-15-27-23(25-21)19-12-7-13-20(14-19)24-26-22(16-28-24)18-10-5-2-6-11-18/h1-13,21-22H,15-16H2/q-1/t21-,22-/m1/s1. The molecule has 5 rings (SSSR count). The van der Waals surface area contributed by atoms with Crippen molar-refractivity contribution < 1.29 is 9.47 Å². The minimum Gasteiger partial charge on any atom is -0.509 e. The topological polar surface area (TPSA) is 43.2 Å². The van der Waals surface area contributed by atoms with Crippen molar-refractivity contribution in [1.82, 2.24) is 0 Å². The van der Waals surface area contributed by atoms with Gasteiger partial charge < -0.3 is 9.47 Å². The number of nitrogens with zero attached hydrogens (tertiary/aromatic N) is 2. The third-order valence-corrected chi connectivity index (χ3v) is 4.93. The van der Waals surface area contributed by atoms with E-state index in [1.54, 1.807) is 0 Å². The van der Waals surface area contributed by atoms with Crippen LogP contribution in [0.3, 0.4) is 0 Å². The molecular formula is C24H19N2O2-. The summed E-state index contributed by atoms with van der Waals surface area (Å²) in [5.41, 5.74) is 3.96. The van der Waals surface area contributed by atoms with Crippen LogP contribution in [-0.2, 0) is 9.47 Å². The Bertz CT molecular complexity index is 948. The van der Waals surface area contributed by atoms with E-state index in [-0.39, 0.29) is 12.1 Å². The lowest BCUT2D eigenvalue weighted by Crippen LogP contribution is -2.06. The van der Waals surface area contributed by atoms with Crippen LogP contribution < -0.4 is 0 Å². The van der Waals surface area contributed by atoms with E-state index in [1.165, 1.54) is 0 Å². The summed E-state index contributed by atoms with van der Waals surface area (Å²) in [6.45, 7) is 1.09. The molecule has 0 spiro atoms. The Kier molecular flexibility index (Phi) is 4.37. The van der Waals surface area contributed by atoms with Gasteiger partial charge in [-0.3, -0.25) is 9.98 Å². The largest absolute Gasteiger partial charge is 0.509 e. The van der Waals surface area contributed by atoms with Gasteiger partial charge in [-0.15, -0.1) is 24.3 Å². The fraction of sp³-hybridized carbons (Fsp3) is 0.167. The Hall–Kier alpha value is -3.40. The summed E-state index contributed by atoms with van der Waals surface area (Å²) in [7, 11) is 0. The van der Waals surface area contributed by atoms with Crippen molar-refractivity contribution in [3.8, 4) is 0 Å². The summed E-state index contributed by atoms with van der Waals surface area (Å²) in [4.78, 5) is 9.48. The summed E-state index contributed by atoms with van der Waals surface area (Å²) in [6, 6.07) is 29.7. The highest BCUT2D eigenvalue weighted by Crippen LogP contribution is 2.27. The summed E-state index contributed by atoms with van der Waals surface area (Å²) < 4.78 is 11.7. The maximum Gasteiger partial charge on any atom is 0.148 e. The molecule has 4 nitrogen and oxygen atoms in total. The lowest BCUT2D eigenvalue weighted by atomic mass is 10.1. The predicted octanol–water partition coefficient (Wildman–Crippen LogP) is 4.52. The molecular weight excluding hydrogens is 348 g/mol. The van der Waals surface area contributed by atoms with E-state index >= 15 is 0 Å². The fourth-order valence-corrected chi connectivity index (χ4v) is 3.45. The maximum absolute atomic E-state index is 5.85. The van der Waals surface area contributed by atoms with Crippen LogP contribution in [-0.4, -0.2) is 25.0 Å². The van der Waals surface area contributed by atoms with Crippen LogP contribution in [0, 0.1) is 6.07 Å². The van der Waals surface area contributed by atoms with Crippen LogP contribution in [0.25, 0.3) is 0 Å². The highest BCUT2D eigenvalue weighted by molar-refractivity contribution is 6.00. The Morgan fingerprint density at radius 2 is 1.07 bits per heavy atom. The first-order valence-corrected chi connectivity index (χ1v) is 9.41. The van der Waals surface area contributed by atoms with E-state index in [4.69, 9.17) is 19.5 Å². The zero-order valence-corrected chi connectivity index (χ0v) is 15.3. The second-order valence-corrected chi connectivity index (χ2v) is 6.82. The molecule has 0 fully saturated rings. The molecule has 0 aromatic heterocycles. The number of aliphatic imine (C=N–C) groups is 2. The second-order valence-electron chi connectivity index (χ2n) is 6.82. The molecule has 138 valence electrons. The zero-order chi connectivity index (χ0) is 18.8. The Labute approximate surface area is 164 Å². The maximum atomic E-state index is 5.85. The van der Waals surface area contributed by atoms with Gasteiger partial charge in [0, 0.05) is 0 Å². The van der Waals surface area contributed by atoms with Crippen molar-refractivity contribution in [2.45, 2.75) is 12.1 Å². The molecule has 0 aliphatic carbocycles. The number of benzene rings is 3. The third kappa shape index (κ3) is 3.29. The normalized spacial score (nSPS) is 20.9. The van der Waals surface area contributed by atoms with Gasteiger partial charge in [0.2, 0.25) is 0 Å². The summed E-state index contributed by atoms with van der Waals surface area (Å²) in [5.74, 6) is 1.24. The van der Waals surface area contributed by atoms with Crippen LogP contribution in [0.5, 0.6) is 0 Å². The van der Waals surface area contributed by atoms with Crippen molar-refractivity contribution in [3.05, 3.63) is 107 Å². The Balaban J connectivity index is 1.39. The number of rotatable bonds is 4. The van der Waals surface area contributed by atoms with Gasteiger partial charge in [-0.05, 0) is 11.1 Å². The van der Waals surface area contributed by atoms with Crippen molar-refractivity contribution >= 4 is 11.8 Å². The van der Waals surface area contributed by atoms with Gasteiger partial charge in [0.1, 0.15) is 37.1 Å². The monoisotopic (exact) mass is 367 g/mol. The SMILES string of the molecule is [c-]1c(C2=N[C@@H](c3ccccc3)CO2)cccc1C1=N[C@@H](c2ccccc2)CO1. The van der Waals surface area contributed by atoms with Gasteiger partial charge in [0.05, 0.1) is 0 Å². The molecule has 0 radical (unpaired) electrons. The number of hydrogen-bond donors (Lipinski definition) is 0. The third-order valence-electron chi connectivity index (χ3n) is 4.93. The average molecular weight is 367 g/mol. The van der Waals surface area contributed by atoms with Crippen molar-refractivity contribution in [1.29, 1.82) is 0 Å². The fourth-order valence-electron chi connectivity index (χ4n) is 3.45. The summed E-state index contributed by atoms with van der Waals surface area (Å²) >= 11 is 0. The summed E-state index contributed by atoms with van der Waals surface area (Å²) in [6.07, 6.45) is 0. The van der Waals surface area contributed by atoms with E-state index in [2.05, 4.69) is 30.3 Å². The van der Waals surface area contributed by atoms with Crippen LogP contribution in [0.4, 0.5) is 0 Å². The van der Waals surface area contributed by atoms with Gasteiger partial charge in [-0.1, -0.05) is 71.8 Å². The minimum absolute atomic E-state index is 0.0239. The van der Waals surface area contributed by atoms with E-state index < -0.39 is 0 Å². The molecule has 2 aliphatic rings. The van der Waals surface area contributed by atoms with E-state index in [0.717, 1.165) is 22.3 Å². The average Bonchev–Trinajstić information content (AvgIpc) is 3.46. The molecule has 0 saturated carbocycles. The molecule has 3 aromatic rings. The minimum atomic E-state index is 0.0239. The van der Waals surface area contributed by atoms with Crippen LogP contribution in [0.2, 0.25) is 0 Å². The lowest BCUT2D eigenvalue weighted by molar-refractivity contribution is 0.319. The van der Waals surface area contributed by atoms with Crippen molar-refractivity contribution in [2.24, 2.45) is 9.98 Å². The van der Waals surface area contributed by atoms with E-state index in [0.29, 0.717) is 25.0 Å². The van der Waals surface area contributed by atoms with Gasteiger partial charge >= 0.3 is 0 Å². The molecule has 0 saturated heterocycles. The van der Waals surface area contributed by atoms with Crippen molar-refractivity contribution in [2.75, 3.05) is 13.2 Å². The lowest BCUT2D eigenvalue weighted by Gasteiger charge is -2.12. The molecule has 0 bridgehead atoms. The molecule has 3 aromatic carbocycles. The zero-order valence-electron chi connectivity index (χ0n) is 15.3. The van der Waals surface area contributed by atoms with Crippen LogP contribution in [0.15, 0.2) is 88.8 Å². The van der Waals surface area contributed by atoms with Crippen molar-refractivity contribution in [3.63, 3.8) is 0 Å². The molecule has 0 unspecified atom stereocenters. The first-order valence-electron chi connectivity index (χ1n) is 9.41. The van der Waals surface area contributed by atoms with E-state index in [9.17, 15) is 0 Å². The molecule has 28 heavy (non-hydrogen) atoms. The number of hydrogen-bond acceptors (Lipinski definition) is 4. The van der Waals surface area contributed by atoms with Gasteiger partial charge in [-0.25, -0.2) is 0 Å². The molecule has 2 heterocycles. The molecule has 0 amide bonds. The van der Waals surface area contributed by atoms with Crippen LogP contribution >= 0.6 is 0 Å². The Morgan fingerprint density at radius 3 is 1.54 bits per heavy atom. The van der Waals surface area contributed by atoms with Gasteiger partial charge in [-0.2, -0.15) is 0 Å². The molecule has 2 aliphatic heterocycles. The highest BCUT2D eigenvalue weighted by atomic mass is 16.5. The summed E-state index contributed by atoms with van der Waals surface area (Å²) in [5, 5.41) is 0. The molecule has 0 N–H and O–H groups in total. The quantitative estimate of drug-likeness (QED) is 0.636. The van der Waals surface area contributed by atoms with Crippen LogP contribution in [0.1, 0.15) is 34.3 Å². The predicted molar refractivity (Wildman–Crippen MR) is 109 cm³/mol. The molecule has 2 atom stereocenters. The second kappa shape index (κ2) is 7.31. The highest BCUT2D eigenvalue weighted by Gasteiger charge is 2.20. The van der Waals surface area contributed by atoms with E-state index in [1.807, 2.05) is 54.6 Å². The number of ether oxygens (including phenoxy) is 2. The van der Waals surface area contributed by atoms with Gasteiger partial charge in [0.25, 0.3) is 0 Å². The first-order chi connectivity index (χ1) is 13.9. The first kappa shape index (κ1) is 16.8. The molecule has 4 heteroatoms.